The first-order chi connectivity index (χ1) is 5.61. The SMILES string of the molecule is NC(C(=O)O)[C@H]1CC[C@@H](N)CC1. The molecule has 0 aromatic heterocycles. The zero-order valence-electron chi connectivity index (χ0n) is 7.07. The van der Waals surface area contributed by atoms with Gasteiger partial charge in [0.05, 0.1) is 0 Å². The smallest absolute Gasteiger partial charge is 0.320 e. The van der Waals surface area contributed by atoms with E-state index in [1.165, 1.54) is 0 Å². The van der Waals surface area contributed by atoms with E-state index in [0.29, 0.717) is 0 Å². The van der Waals surface area contributed by atoms with E-state index in [9.17, 15) is 4.79 Å². The van der Waals surface area contributed by atoms with Crippen LogP contribution in [0, 0.1) is 5.92 Å². The third-order valence-electron chi connectivity index (χ3n) is 2.61. The van der Waals surface area contributed by atoms with E-state index in [1.807, 2.05) is 0 Å². The van der Waals surface area contributed by atoms with Crippen LogP contribution in [0.3, 0.4) is 0 Å². The van der Waals surface area contributed by atoms with Crippen LogP contribution in [0.2, 0.25) is 0 Å². The van der Waals surface area contributed by atoms with Crippen molar-refractivity contribution in [3.05, 3.63) is 0 Å². The first-order valence-corrected chi connectivity index (χ1v) is 4.35. The molecular weight excluding hydrogens is 156 g/mol. The largest absolute Gasteiger partial charge is 0.480 e. The van der Waals surface area contributed by atoms with Gasteiger partial charge in [-0.05, 0) is 31.6 Å². The van der Waals surface area contributed by atoms with Crippen molar-refractivity contribution in [1.82, 2.24) is 0 Å². The molecule has 0 saturated heterocycles. The van der Waals surface area contributed by atoms with Gasteiger partial charge in [-0.25, -0.2) is 0 Å². The maximum absolute atomic E-state index is 10.5. The monoisotopic (exact) mass is 172 g/mol. The molecule has 1 aliphatic carbocycles. The van der Waals surface area contributed by atoms with Crippen molar-refractivity contribution in [1.29, 1.82) is 0 Å². The molecule has 1 rings (SSSR count). The van der Waals surface area contributed by atoms with E-state index in [-0.39, 0.29) is 12.0 Å². The second kappa shape index (κ2) is 3.87. The van der Waals surface area contributed by atoms with Gasteiger partial charge in [-0.1, -0.05) is 0 Å². The Morgan fingerprint density at radius 2 is 1.83 bits per heavy atom. The molecule has 0 aromatic rings. The van der Waals surface area contributed by atoms with E-state index in [0.717, 1.165) is 25.7 Å². The Balaban J connectivity index is 2.39. The summed E-state index contributed by atoms with van der Waals surface area (Å²) in [6.45, 7) is 0. The van der Waals surface area contributed by atoms with Crippen molar-refractivity contribution in [3.8, 4) is 0 Å². The quantitative estimate of drug-likeness (QED) is 0.543. The number of aliphatic carboxylic acids is 1. The zero-order valence-corrected chi connectivity index (χ0v) is 7.07. The summed E-state index contributed by atoms with van der Waals surface area (Å²) >= 11 is 0. The van der Waals surface area contributed by atoms with Gasteiger partial charge in [-0.15, -0.1) is 0 Å². The van der Waals surface area contributed by atoms with Crippen LogP contribution >= 0.6 is 0 Å². The van der Waals surface area contributed by atoms with Crippen LogP contribution in [0.15, 0.2) is 0 Å². The lowest BCUT2D eigenvalue weighted by atomic mass is 9.82. The molecular formula is C8H16N2O2. The predicted octanol–water partition coefficient (Wildman–Crippen LogP) is -0.0842. The van der Waals surface area contributed by atoms with Gasteiger partial charge in [0.1, 0.15) is 6.04 Å². The van der Waals surface area contributed by atoms with Crippen molar-refractivity contribution < 1.29 is 9.90 Å². The summed E-state index contributed by atoms with van der Waals surface area (Å²) in [6.07, 6.45) is 3.53. The lowest BCUT2D eigenvalue weighted by molar-refractivity contribution is -0.140. The molecule has 5 N–H and O–H groups in total. The summed E-state index contributed by atoms with van der Waals surface area (Å²) in [4.78, 5) is 10.5. The van der Waals surface area contributed by atoms with Gasteiger partial charge >= 0.3 is 5.97 Å². The first kappa shape index (κ1) is 9.48. The van der Waals surface area contributed by atoms with E-state index >= 15 is 0 Å². The summed E-state index contributed by atoms with van der Waals surface area (Å²) in [7, 11) is 0. The molecule has 0 aromatic carbocycles. The highest BCUT2D eigenvalue weighted by Crippen LogP contribution is 2.25. The van der Waals surface area contributed by atoms with Gasteiger partial charge in [-0.2, -0.15) is 0 Å². The molecule has 1 saturated carbocycles. The number of carboxylic acids is 1. The van der Waals surface area contributed by atoms with Gasteiger partial charge in [-0.3, -0.25) is 4.79 Å². The fraction of sp³-hybridized carbons (Fsp3) is 0.875. The van der Waals surface area contributed by atoms with Crippen molar-refractivity contribution >= 4 is 5.97 Å². The van der Waals surface area contributed by atoms with Crippen molar-refractivity contribution in [2.75, 3.05) is 0 Å². The lowest BCUT2D eigenvalue weighted by Gasteiger charge is -2.28. The Morgan fingerprint density at radius 1 is 1.33 bits per heavy atom. The van der Waals surface area contributed by atoms with Crippen LogP contribution in [-0.2, 0) is 4.79 Å². The number of carboxylic acid groups (broad SMARTS) is 1. The molecule has 0 radical (unpaired) electrons. The molecule has 0 bridgehead atoms. The van der Waals surface area contributed by atoms with Crippen molar-refractivity contribution in [2.24, 2.45) is 17.4 Å². The second-order valence-electron chi connectivity index (χ2n) is 3.54. The van der Waals surface area contributed by atoms with Crippen LogP contribution in [0.4, 0.5) is 0 Å². The van der Waals surface area contributed by atoms with E-state index < -0.39 is 12.0 Å². The fourth-order valence-corrected chi connectivity index (χ4v) is 1.71. The fourth-order valence-electron chi connectivity index (χ4n) is 1.71. The standard InChI is InChI=1S/C8H16N2O2/c9-6-3-1-5(2-4-6)7(10)8(11)12/h5-7H,1-4,9-10H2,(H,11,12)/t5-,6+,7?. The van der Waals surface area contributed by atoms with Crippen LogP contribution in [0.25, 0.3) is 0 Å². The molecule has 70 valence electrons. The number of carbonyl (C=O) groups is 1. The van der Waals surface area contributed by atoms with E-state index in [2.05, 4.69) is 0 Å². The van der Waals surface area contributed by atoms with Gasteiger partial charge < -0.3 is 16.6 Å². The highest BCUT2D eigenvalue weighted by Gasteiger charge is 2.27. The first-order valence-electron chi connectivity index (χ1n) is 4.35. The van der Waals surface area contributed by atoms with Crippen LogP contribution in [-0.4, -0.2) is 23.2 Å². The summed E-state index contributed by atoms with van der Waals surface area (Å²) in [5.74, 6) is -0.766. The Bertz CT molecular complexity index is 164. The Kier molecular flexibility index (Phi) is 3.05. The molecule has 0 aliphatic heterocycles. The summed E-state index contributed by atoms with van der Waals surface area (Å²) in [5, 5.41) is 8.64. The van der Waals surface area contributed by atoms with Crippen LogP contribution in [0.5, 0.6) is 0 Å². The summed E-state index contributed by atoms with van der Waals surface area (Å²) < 4.78 is 0. The van der Waals surface area contributed by atoms with Crippen molar-refractivity contribution in [2.45, 2.75) is 37.8 Å². The molecule has 1 fully saturated rings. The number of rotatable bonds is 2. The van der Waals surface area contributed by atoms with E-state index in [4.69, 9.17) is 16.6 Å². The normalized spacial score (nSPS) is 32.8. The Morgan fingerprint density at radius 3 is 2.25 bits per heavy atom. The minimum atomic E-state index is -0.893. The lowest BCUT2D eigenvalue weighted by Crippen LogP contribution is -2.41. The average Bonchev–Trinajstić information content (AvgIpc) is 2.04. The third-order valence-corrected chi connectivity index (χ3v) is 2.61. The number of hydrogen-bond donors (Lipinski definition) is 3. The molecule has 0 spiro atoms. The third kappa shape index (κ3) is 2.19. The molecule has 0 heterocycles. The maximum atomic E-state index is 10.5. The van der Waals surface area contributed by atoms with Gasteiger partial charge in [0.25, 0.3) is 0 Å². The number of nitrogens with two attached hydrogens (primary N) is 2. The highest BCUT2D eigenvalue weighted by atomic mass is 16.4. The van der Waals surface area contributed by atoms with Crippen LogP contribution in [0.1, 0.15) is 25.7 Å². The van der Waals surface area contributed by atoms with Crippen molar-refractivity contribution in [3.63, 3.8) is 0 Å². The molecule has 1 atom stereocenters. The maximum Gasteiger partial charge on any atom is 0.320 e. The summed E-state index contributed by atoms with van der Waals surface area (Å²) in [5.41, 5.74) is 11.2. The highest BCUT2D eigenvalue weighted by molar-refractivity contribution is 5.73. The summed E-state index contributed by atoms with van der Waals surface area (Å²) in [6, 6.07) is -0.445. The molecule has 4 nitrogen and oxygen atoms in total. The minimum Gasteiger partial charge on any atom is -0.480 e. The van der Waals surface area contributed by atoms with Gasteiger partial charge in [0.15, 0.2) is 0 Å². The molecule has 1 aliphatic rings. The zero-order chi connectivity index (χ0) is 9.14. The topological polar surface area (TPSA) is 89.3 Å². The molecule has 1 unspecified atom stereocenters. The van der Waals surface area contributed by atoms with Gasteiger partial charge in [0.2, 0.25) is 0 Å². The molecule has 12 heavy (non-hydrogen) atoms. The van der Waals surface area contributed by atoms with Crippen LogP contribution < -0.4 is 11.5 Å². The molecule has 4 heteroatoms. The second-order valence-corrected chi connectivity index (χ2v) is 3.54. The van der Waals surface area contributed by atoms with E-state index in [1.54, 1.807) is 0 Å². The Labute approximate surface area is 71.9 Å². The minimum absolute atomic E-state index is 0.127. The number of hydrogen-bond acceptors (Lipinski definition) is 3. The van der Waals surface area contributed by atoms with Gasteiger partial charge in [0, 0.05) is 6.04 Å². The Hall–Kier alpha value is -0.610. The predicted molar refractivity (Wildman–Crippen MR) is 45.5 cm³/mol. The molecule has 0 amide bonds. The average molecular weight is 172 g/mol.